The molecule has 0 fully saturated rings. The minimum absolute atomic E-state index is 0.462. The van der Waals surface area contributed by atoms with E-state index in [2.05, 4.69) is 21.4 Å². The van der Waals surface area contributed by atoms with Gasteiger partial charge in [0, 0.05) is 5.69 Å². The number of nitrogens with zero attached hydrogens (tertiary/aromatic N) is 2. The summed E-state index contributed by atoms with van der Waals surface area (Å²) in [6.07, 6.45) is 5.21. The van der Waals surface area contributed by atoms with Gasteiger partial charge in [0.2, 0.25) is 0 Å². The molecule has 0 aliphatic carbocycles. The Balaban J connectivity index is 2.37. The Bertz CT molecular complexity index is 525. The maximum Gasteiger partial charge on any atom is 0.260 e. The van der Waals surface area contributed by atoms with Gasteiger partial charge in [0.05, 0.1) is 12.1 Å². The molecule has 0 radical (unpaired) electrons. The van der Waals surface area contributed by atoms with E-state index in [9.17, 15) is 0 Å². The number of aryl methyl sites for hydroxylation is 1. The summed E-state index contributed by atoms with van der Waals surface area (Å²) in [7, 11) is 0. The molecule has 0 saturated carbocycles. The van der Waals surface area contributed by atoms with Crippen LogP contribution in [0.4, 0.5) is 5.69 Å². The van der Waals surface area contributed by atoms with E-state index >= 15 is 0 Å². The highest BCUT2D eigenvalue weighted by molar-refractivity contribution is 5.72. The standard InChI is InChI=1S/C12H11N3O/c1-3-8-13-11-7-5-4-6-10(11)12-14-9(2)15-16-12/h1,4-7,13H,8H2,2H3. The third-order valence-electron chi connectivity index (χ3n) is 2.07. The fourth-order valence-electron chi connectivity index (χ4n) is 1.38. The van der Waals surface area contributed by atoms with E-state index in [0.29, 0.717) is 18.3 Å². The highest BCUT2D eigenvalue weighted by atomic mass is 16.5. The molecule has 1 N–H and O–H groups in total. The molecule has 0 amide bonds. The van der Waals surface area contributed by atoms with E-state index in [1.54, 1.807) is 6.92 Å². The zero-order valence-corrected chi connectivity index (χ0v) is 8.90. The van der Waals surface area contributed by atoms with Gasteiger partial charge in [-0.2, -0.15) is 4.98 Å². The summed E-state index contributed by atoms with van der Waals surface area (Å²) in [5, 5.41) is 6.87. The minimum Gasteiger partial charge on any atom is -0.373 e. The van der Waals surface area contributed by atoms with Gasteiger partial charge in [-0.3, -0.25) is 0 Å². The number of nitrogens with one attached hydrogen (secondary N) is 1. The predicted molar refractivity (Wildman–Crippen MR) is 61.8 cm³/mol. The van der Waals surface area contributed by atoms with Crippen LogP contribution in [0.2, 0.25) is 0 Å². The van der Waals surface area contributed by atoms with Crippen molar-refractivity contribution in [2.24, 2.45) is 0 Å². The fourth-order valence-corrected chi connectivity index (χ4v) is 1.38. The third-order valence-corrected chi connectivity index (χ3v) is 2.07. The van der Waals surface area contributed by atoms with Crippen molar-refractivity contribution in [2.75, 3.05) is 11.9 Å². The van der Waals surface area contributed by atoms with E-state index < -0.39 is 0 Å². The lowest BCUT2D eigenvalue weighted by Crippen LogP contribution is -1.99. The Hall–Kier alpha value is -2.28. The van der Waals surface area contributed by atoms with Crippen LogP contribution in [0.1, 0.15) is 5.82 Å². The van der Waals surface area contributed by atoms with Crippen LogP contribution < -0.4 is 5.32 Å². The Labute approximate surface area is 93.7 Å². The highest BCUT2D eigenvalue weighted by Gasteiger charge is 2.10. The maximum absolute atomic E-state index is 5.21. The SMILES string of the molecule is C#CCNc1ccccc1-c1nc(C)no1. The van der Waals surface area contributed by atoms with Crippen LogP contribution in [0.3, 0.4) is 0 Å². The van der Waals surface area contributed by atoms with Gasteiger partial charge >= 0.3 is 0 Å². The number of benzene rings is 1. The first-order valence-electron chi connectivity index (χ1n) is 4.88. The summed E-state index contributed by atoms with van der Waals surface area (Å²) < 4.78 is 5.12. The molecule has 4 nitrogen and oxygen atoms in total. The van der Waals surface area contributed by atoms with Gasteiger partial charge in [-0.15, -0.1) is 6.42 Å². The summed E-state index contributed by atoms with van der Waals surface area (Å²) in [5.41, 5.74) is 1.75. The zero-order valence-electron chi connectivity index (χ0n) is 8.90. The van der Waals surface area contributed by atoms with Crippen LogP contribution in [-0.2, 0) is 0 Å². The van der Waals surface area contributed by atoms with Crippen molar-refractivity contribution < 1.29 is 4.52 Å². The molecule has 0 aliphatic heterocycles. The number of terminal acetylenes is 1. The average Bonchev–Trinajstić information content (AvgIpc) is 2.73. The lowest BCUT2D eigenvalue weighted by Gasteiger charge is -2.05. The molecule has 80 valence electrons. The molecule has 0 aliphatic rings. The second kappa shape index (κ2) is 4.49. The van der Waals surface area contributed by atoms with Crippen LogP contribution in [0.15, 0.2) is 28.8 Å². The molecule has 1 aromatic carbocycles. The first-order chi connectivity index (χ1) is 7.81. The molecule has 0 unspecified atom stereocenters. The molecule has 0 saturated heterocycles. The van der Waals surface area contributed by atoms with E-state index in [1.807, 2.05) is 24.3 Å². The van der Waals surface area contributed by atoms with Crippen molar-refractivity contribution in [3.8, 4) is 23.8 Å². The Morgan fingerprint density at radius 3 is 2.94 bits per heavy atom. The van der Waals surface area contributed by atoms with Gasteiger partial charge in [-0.1, -0.05) is 23.2 Å². The normalized spacial score (nSPS) is 9.75. The molecule has 0 atom stereocenters. The number of hydrogen-bond acceptors (Lipinski definition) is 4. The van der Waals surface area contributed by atoms with Crippen molar-refractivity contribution in [2.45, 2.75) is 6.92 Å². The second-order valence-electron chi connectivity index (χ2n) is 3.25. The molecule has 0 spiro atoms. The predicted octanol–water partition coefficient (Wildman–Crippen LogP) is 2.09. The molecule has 1 aromatic heterocycles. The molecular formula is C12H11N3O. The van der Waals surface area contributed by atoms with E-state index in [1.165, 1.54) is 0 Å². The Morgan fingerprint density at radius 1 is 1.44 bits per heavy atom. The highest BCUT2D eigenvalue weighted by Crippen LogP contribution is 2.25. The molecule has 2 aromatic rings. The van der Waals surface area contributed by atoms with Crippen LogP contribution >= 0.6 is 0 Å². The second-order valence-corrected chi connectivity index (χ2v) is 3.25. The number of rotatable bonds is 3. The number of hydrogen-bond donors (Lipinski definition) is 1. The monoisotopic (exact) mass is 213 g/mol. The van der Waals surface area contributed by atoms with Gasteiger partial charge in [-0.25, -0.2) is 0 Å². The smallest absolute Gasteiger partial charge is 0.260 e. The molecule has 4 heteroatoms. The molecular weight excluding hydrogens is 202 g/mol. The number of para-hydroxylation sites is 1. The Morgan fingerprint density at radius 2 is 2.25 bits per heavy atom. The molecule has 2 rings (SSSR count). The van der Waals surface area contributed by atoms with Gasteiger partial charge in [0.15, 0.2) is 5.82 Å². The fraction of sp³-hybridized carbons (Fsp3) is 0.167. The van der Waals surface area contributed by atoms with E-state index in [4.69, 9.17) is 10.9 Å². The summed E-state index contributed by atoms with van der Waals surface area (Å²) in [4.78, 5) is 4.18. The topological polar surface area (TPSA) is 51.0 Å². The van der Waals surface area contributed by atoms with Crippen LogP contribution in [0.25, 0.3) is 11.5 Å². The number of aromatic nitrogens is 2. The van der Waals surface area contributed by atoms with Gasteiger partial charge in [0.1, 0.15) is 0 Å². The van der Waals surface area contributed by atoms with E-state index in [-0.39, 0.29) is 0 Å². The number of anilines is 1. The van der Waals surface area contributed by atoms with Crippen molar-refractivity contribution in [3.63, 3.8) is 0 Å². The lowest BCUT2D eigenvalue weighted by atomic mass is 10.2. The largest absolute Gasteiger partial charge is 0.373 e. The van der Waals surface area contributed by atoms with Gasteiger partial charge in [-0.05, 0) is 19.1 Å². The van der Waals surface area contributed by atoms with Gasteiger partial charge < -0.3 is 9.84 Å². The summed E-state index contributed by atoms with van der Waals surface area (Å²) in [5.74, 6) is 3.63. The zero-order chi connectivity index (χ0) is 11.4. The first-order valence-corrected chi connectivity index (χ1v) is 4.88. The van der Waals surface area contributed by atoms with Crippen LogP contribution in [0.5, 0.6) is 0 Å². The minimum atomic E-state index is 0.462. The molecule has 16 heavy (non-hydrogen) atoms. The third kappa shape index (κ3) is 2.04. The van der Waals surface area contributed by atoms with Crippen molar-refractivity contribution in [1.82, 2.24) is 10.1 Å². The summed E-state index contributed by atoms with van der Waals surface area (Å²) in [6, 6.07) is 7.67. The Kier molecular flexibility index (Phi) is 2.88. The molecule has 1 heterocycles. The van der Waals surface area contributed by atoms with Crippen molar-refractivity contribution in [1.29, 1.82) is 0 Å². The summed E-state index contributed by atoms with van der Waals surface area (Å²) >= 11 is 0. The average molecular weight is 213 g/mol. The van der Waals surface area contributed by atoms with Crippen molar-refractivity contribution >= 4 is 5.69 Å². The van der Waals surface area contributed by atoms with Crippen LogP contribution in [-0.4, -0.2) is 16.7 Å². The first kappa shape index (κ1) is 10.2. The quantitative estimate of drug-likeness (QED) is 0.793. The van der Waals surface area contributed by atoms with Gasteiger partial charge in [0.25, 0.3) is 5.89 Å². The van der Waals surface area contributed by atoms with E-state index in [0.717, 1.165) is 11.3 Å². The van der Waals surface area contributed by atoms with Crippen LogP contribution in [0, 0.1) is 19.3 Å². The maximum atomic E-state index is 5.21. The van der Waals surface area contributed by atoms with Crippen molar-refractivity contribution in [3.05, 3.63) is 30.1 Å². The molecule has 0 bridgehead atoms. The lowest BCUT2D eigenvalue weighted by molar-refractivity contribution is 0.426. The summed E-state index contributed by atoms with van der Waals surface area (Å²) in [6.45, 7) is 2.24.